The minimum atomic E-state index is -0.137. The van der Waals surface area contributed by atoms with E-state index in [-0.39, 0.29) is 23.7 Å². The van der Waals surface area contributed by atoms with E-state index >= 15 is 0 Å². The van der Waals surface area contributed by atoms with Crippen LogP contribution in [0.2, 0.25) is 0 Å². The third-order valence-corrected chi connectivity index (χ3v) is 4.54. The van der Waals surface area contributed by atoms with E-state index in [0.717, 1.165) is 18.4 Å². The first-order valence-corrected chi connectivity index (χ1v) is 8.33. The summed E-state index contributed by atoms with van der Waals surface area (Å²) >= 11 is 0. The molecule has 1 aromatic rings. The highest BCUT2D eigenvalue weighted by Crippen LogP contribution is 2.19. The van der Waals surface area contributed by atoms with E-state index in [1.807, 2.05) is 43.0 Å². The number of carbonyl (C=O) groups is 2. The van der Waals surface area contributed by atoms with Gasteiger partial charge in [-0.2, -0.15) is 0 Å². The van der Waals surface area contributed by atoms with E-state index < -0.39 is 0 Å². The van der Waals surface area contributed by atoms with Gasteiger partial charge in [0.25, 0.3) is 0 Å². The summed E-state index contributed by atoms with van der Waals surface area (Å²) in [6.07, 6.45) is 1.45. The van der Waals surface area contributed by atoms with Crippen LogP contribution in [0.25, 0.3) is 0 Å². The van der Waals surface area contributed by atoms with Crippen molar-refractivity contribution in [2.24, 2.45) is 17.6 Å². The number of rotatable bonds is 5. The van der Waals surface area contributed by atoms with Crippen LogP contribution in [0.1, 0.15) is 30.9 Å². The van der Waals surface area contributed by atoms with E-state index in [1.165, 1.54) is 5.56 Å². The zero-order valence-electron chi connectivity index (χ0n) is 14.0. The van der Waals surface area contributed by atoms with Crippen molar-refractivity contribution < 1.29 is 9.59 Å². The summed E-state index contributed by atoms with van der Waals surface area (Å²) in [4.78, 5) is 26.2. The molecule has 1 saturated heterocycles. The zero-order valence-corrected chi connectivity index (χ0v) is 14.0. The maximum absolute atomic E-state index is 12.3. The number of amides is 2. The second-order valence-electron chi connectivity index (χ2n) is 6.44. The molecule has 0 bridgehead atoms. The lowest BCUT2D eigenvalue weighted by Crippen LogP contribution is -2.45. The molecule has 1 heterocycles. The first-order valence-electron chi connectivity index (χ1n) is 8.33. The van der Waals surface area contributed by atoms with Gasteiger partial charge in [0.05, 0.1) is 0 Å². The topological polar surface area (TPSA) is 75.4 Å². The molecule has 1 unspecified atom stereocenters. The summed E-state index contributed by atoms with van der Waals surface area (Å²) < 4.78 is 0. The van der Waals surface area contributed by atoms with Crippen LogP contribution < -0.4 is 11.1 Å². The summed E-state index contributed by atoms with van der Waals surface area (Å²) in [5, 5.41) is 3.00. The lowest BCUT2D eigenvalue weighted by atomic mass is 9.95. The molecule has 0 aliphatic carbocycles. The Balaban J connectivity index is 1.77. The predicted molar refractivity (Wildman–Crippen MR) is 90.5 cm³/mol. The molecule has 2 amide bonds. The van der Waals surface area contributed by atoms with Crippen LogP contribution in [0.4, 0.5) is 0 Å². The molecule has 5 heteroatoms. The van der Waals surface area contributed by atoms with Crippen molar-refractivity contribution in [3.63, 3.8) is 0 Å². The monoisotopic (exact) mass is 317 g/mol. The fourth-order valence-electron chi connectivity index (χ4n) is 2.81. The smallest absolute Gasteiger partial charge is 0.226 e. The molecule has 3 N–H and O–H groups in total. The number of nitrogens with two attached hydrogens (primary N) is 1. The summed E-state index contributed by atoms with van der Waals surface area (Å²) in [7, 11) is 0. The quantitative estimate of drug-likeness (QED) is 0.863. The van der Waals surface area contributed by atoms with Gasteiger partial charge in [-0.15, -0.1) is 0 Å². The number of aryl methyl sites for hydroxylation is 1. The predicted octanol–water partition coefficient (Wildman–Crippen LogP) is 1.44. The van der Waals surface area contributed by atoms with Crippen molar-refractivity contribution in [3.8, 4) is 0 Å². The van der Waals surface area contributed by atoms with Crippen LogP contribution in [-0.2, 0) is 16.1 Å². The van der Waals surface area contributed by atoms with E-state index in [1.54, 1.807) is 0 Å². The van der Waals surface area contributed by atoms with Gasteiger partial charge in [-0.25, -0.2) is 0 Å². The van der Waals surface area contributed by atoms with Gasteiger partial charge in [-0.3, -0.25) is 9.59 Å². The molecular formula is C18H27N3O2. The summed E-state index contributed by atoms with van der Waals surface area (Å²) in [6, 6.07) is 8.16. The standard InChI is InChI=1S/C18H27N3O2/c1-13-3-5-15(6-4-13)12-20-17(22)16-7-9-21(10-8-16)18(23)14(2)11-19/h3-6,14,16H,7-12,19H2,1-2H3,(H,20,22). The average molecular weight is 317 g/mol. The molecule has 23 heavy (non-hydrogen) atoms. The Bertz CT molecular complexity index is 534. The number of nitrogens with zero attached hydrogens (tertiary/aromatic N) is 1. The molecule has 1 aliphatic heterocycles. The summed E-state index contributed by atoms with van der Waals surface area (Å²) in [6.45, 7) is 6.11. The van der Waals surface area contributed by atoms with Crippen LogP contribution in [0, 0.1) is 18.8 Å². The minimum absolute atomic E-state index is 0.00215. The normalized spacial score (nSPS) is 16.9. The van der Waals surface area contributed by atoms with E-state index in [9.17, 15) is 9.59 Å². The van der Waals surface area contributed by atoms with Crippen molar-refractivity contribution in [1.29, 1.82) is 0 Å². The molecule has 0 aromatic heterocycles. The van der Waals surface area contributed by atoms with Gasteiger partial charge in [0, 0.05) is 38.0 Å². The van der Waals surface area contributed by atoms with Crippen molar-refractivity contribution in [3.05, 3.63) is 35.4 Å². The highest BCUT2D eigenvalue weighted by molar-refractivity contribution is 5.81. The number of hydrogen-bond acceptors (Lipinski definition) is 3. The fourth-order valence-corrected chi connectivity index (χ4v) is 2.81. The van der Waals surface area contributed by atoms with Crippen molar-refractivity contribution >= 4 is 11.8 Å². The number of benzene rings is 1. The molecule has 2 rings (SSSR count). The second kappa shape index (κ2) is 8.11. The van der Waals surface area contributed by atoms with Crippen LogP contribution in [0.5, 0.6) is 0 Å². The van der Waals surface area contributed by atoms with Crippen molar-refractivity contribution in [2.75, 3.05) is 19.6 Å². The lowest BCUT2D eigenvalue weighted by molar-refractivity contribution is -0.138. The zero-order chi connectivity index (χ0) is 16.8. The highest BCUT2D eigenvalue weighted by Gasteiger charge is 2.28. The number of hydrogen-bond donors (Lipinski definition) is 2. The molecule has 0 spiro atoms. The highest BCUT2D eigenvalue weighted by atomic mass is 16.2. The van der Waals surface area contributed by atoms with Gasteiger partial charge in [-0.05, 0) is 25.3 Å². The molecule has 0 saturated carbocycles. The number of nitrogens with one attached hydrogen (secondary N) is 1. The number of carbonyl (C=O) groups excluding carboxylic acids is 2. The Morgan fingerprint density at radius 3 is 2.43 bits per heavy atom. The van der Waals surface area contributed by atoms with Crippen LogP contribution in [0.3, 0.4) is 0 Å². The second-order valence-corrected chi connectivity index (χ2v) is 6.44. The largest absolute Gasteiger partial charge is 0.352 e. The third-order valence-electron chi connectivity index (χ3n) is 4.54. The Hall–Kier alpha value is -1.88. The van der Waals surface area contributed by atoms with Crippen LogP contribution in [-0.4, -0.2) is 36.3 Å². The molecule has 1 atom stereocenters. The maximum atomic E-state index is 12.3. The fraction of sp³-hybridized carbons (Fsp3) is 0.556. The van der Waals surface area contributed by atoms with Gasteiger partial charge in [-0.1, -0.05) is 36.8 Å². The SMILES string of the molecule is Cc1ccc(CNC(=O)C2CCN(C(=O)C(C)CN)CC2)cc1. The first-order chi connectivity index (χ1) is 11.0. The van der Waals surface area contributed by atoms with E-state index in [4.69, 9.17) is 5.73 Å². The van der Waals surface area contributed by atoms with Gasteiger partial charge >= 0.3 is 0 Å². The molecule has 1 fully saturated rings. The maximum Gasteiger partial charge on any atom is 0.226 e. The molecule has 126 valence electrons. The Labute approximate surface area is 138 Å². The molecule has 5 nitrogen and oxygen atoms in total. The lowest BCUT2D eigenvalue weighted by Gasteiger charge is -2.32. The molecular weight excluding hydrogens is 290 g/mol. The Kier molecular flexibility index (Phi) is 6.16. The van der Waals surface area contributed by atoms with Gasteiger partial charge in [0.2, 0.25) is 11.8 Å². The molecule has 1 aromatic carbocycles. The van der Waals surface area contributed by atoms with Crippen molar-refractivity contribution in [2.45, 2.75) is 33.2 Å². The van der Waals surface area contributed by atoms with Crippen LogP contribution in [0.15, 0.2) is 24.3 Å². The van der Waals surface area contributed by atoms with E-state index in [0.29, 0.717) is 26.2 Å². The van der Waals surface area contributed by atoms with Gasteiger partial charge < -0.3 is 16.0 Å². The summed E-state index contributed by atoms with van der Waals surface area (Å²) in [5.74, 6) is 0.0511. The van der Waals surface area contributed by atoms with Crippen LogP contribution >= 0.6 is 0 Å². The van der Waals surface area contributed by atoms with E-state index in [2.05, 4.69) is 5.32 Å². The Morgan fingerprint density at radius 1 is 1.26 bits per heavy atom. The molecule has 0 radical (unpaired) electrons. The molecule has 1 aliphatic rings. The van der Waals surface area contributed by atoms with Gasteiger partial charge in [0.15, 0.2) is 0 Å². The summed E-state index contributed by atoms with van der Waals surface area (Å²) in [5.41, 5.74) is 7.86. The average Bonchev–Trinajstić information content (AvgIpc) is 2.59. The minimum Gasteiger partial charge on any atom is -0.352 e. The Morgan fingerprint density at radius 2 is 1.87 bits per heavy atom. The number of piperidine rings is 1. The third kappa shape index (κ3) is 4.79. The first kappa shape index (κ1) is 17.5. The van der Waals surface area contributed by atoms with Crippen molar-refractivity contribution in [1.82, 2.24) is 10.2 Å². The van der Waals surface area contributed by atoms with Gasteiger partial charge in [0.1, 0.15) is 0 Å². The number of likely N-dealkylation sites (tertiary alicyclic amines) is 1.